The van der Waals surface area contributed by atoms with Crippen LogP contribution < -0.4 is 45.7 Å². The van der Waals surface area contributed by atoms with E-state index in [9.17, 15) is 19.5 Å². The summed E-state index contributed by atoms with van der Waals surface area (Å²) in [6.07, 6.45) is 14.3. The summed E-state index contributed by atoms with van der Waals surface area (Å²) < 4.78 is 0. The maximum Gasteiger partial charge on any atom is 1.00 e. The number of aliphatic carboxylic acids is 1. The Bertz CT molecular complexity index is 474. The normalized spacial score (nSPS) is 11.7. The summed E-state index contributed by atoms with van der Waals surface area (Å²) in [5.74, 6) is -2.64. The van der Waals surface area contributed by atoms with Gasteiger partial charge in [0.15, 0.2) is 0 Å². The van der Waals surface area contributed by atoms with Crippen molar-refractivity contribution in [2.24, 2.45) is 5.73 Å². The predicted octanol–water partition coefficient (Wildman–Crippen LogP) is -0.486. The van der Waals surface area contributed by atoms with Gasteiger partial charge in [-0.15, -0.1) is 0 Å². The van der Waals surface area contributed by atoms with Crippen LogP contribution in [-0.2, 0) is 14.4 Å². The van der Waals surface area contributed by atoms with Gasteiger partial charge in [-0.25, -0.2) is 0 Å². The zero-order chi connectivity index (χ0) is 22.6. The predicted molar refractivity (Wildman–Crippen MR) is 119 cm³/mol. The smallest absolute Gasteiger partial charge is 0.548 e. The minimum atomic E-state index is -1.48. The van der Waals surface area contributed by atoms with Gasteiger partial charge in [0, 0.05) is 6.42 Å². The first-order valence-corrected chi connectivity index (χ1v) is 11.9. The van der Waals surface area contributed by atoms with Gasteiger partial charge in [-0.05, 0) is 32.5 Å². The number of hydrogen-bond donors (Lipinski definition) is 2. The number of unbranched alkanes of at least 4 members (excludes halogenated alkanes) is 11. The van der Waals surface area contributed by atoms with Crippen molar-refractivity contribution >= 4 is 17.8 Å². The Kier molecular flexibility index (Phi) is 23.7. The van der Waals surface area contributed by atoms with Crippen LogP contribution in [0.15, 0.2) is 0 Å². The zero-order valence-corrected chi connectivity index (χ0v) is 22.3. The van der Waals surface area contributed by atoms with E-state index in [4.69, 9.17) is 5.73 Å². The largest absolute Gasteiger partial charge is 1.00 e. The van der Waals surface area contributed by atoms with Crippen LogP contribution in [0.3, 0.4) is 0 Å². The quantitative estimate of drug-likeness (QED) is 0.181. The maximum atomic E-state index is 11.7. The number of nitrogens with zero attached hydrogens (tertiary/aromatic N) is 1. The van der Waals surface area contributed by atoms with Crippen LogP contribution in [0.25, 0.3) is 0 Å². The van der Waals surface area contributed by atoms with Gasteiger partial charge >= 0.3 is 29.6 Å². The van der Waals surface area contributed by atoms with Crippen molar-refractivity contribution in [2.45, 2.75) is 110 Å². The summed E-state index contributed by atoms with van der Waals surface area (Å²) in [6.45, 7) is 8.00. The number of carbonyl (C=O) groups excluding carboxylic acids is 3. The molecule has 0 saturated heterocycles. The van der Waals surface area contributed by atoms with E-state index in [1.807, 2.05) is 0 Å². The Hall–Kier alpha value is -0.630. The second kappa shape index (κ2) is 22.6. The Morgan fingerprint density at radius 1 is 0.806 bits per heavy atom. The molecule has 0 aromatic carbocycles. The van der Waals surface area contributed by atoms with Crippen molar-refractivity contribution in [3.8, 4) is 0 Å². The number of rotatable bonds is 21. The van der Waals surface area contributed by atoms with Crippen molar-refractivity contribution in [3.05, 3.63) is 0 Å². The summed E-state index contributed by atoms with van der Waals surface area (Å²) in [4.78, 5) is 35.9. The molecular weight excluding hydrogens is 405 g/mol. The molecule has 176 valence electrons. The summed E-state index contributed by atoms with van der Waals surface area (Å²) in [5, 5.41) is 13.2. The first kappa shape index (κ1) is 32.5. The van der Waals surface area contributed by atoms with Crippen molar-refractivity contribution in [1.82, 2.24) is 10.2 Å². The maximum absolute atomic E-state index is 11.7. The monoisotopic (exact) mass is 449 g/mol. The molecule has 0 fully saturated rings. The summed E-state index contributed by atoms with van der Waals surface area (Å²) >= 11 is 0. The van der Waals surface area contributed by atoms with Gasteiger partial charge in [0.2, 0.25) is 11.8 Å². The van der Waals surface area contributed by atoms with Gasteiger partial charge in [0.05, 0.1) is 18.4 Å². The van der Waals surface area contributed by atoms with Crippen LogP contribution in [0.4, 0.5) is 0 Å². The number of nitrogens with one attached hydrogen (secondary N) is 1. The zero-order valence-electron chi connectivity index (χ0n) is 20.3. The molecule has 0 saturated carbocycles. The molecular formula is C23H44N3NaO4. The standard InChI is InChI=1S/C23H45N3O4.Na/c1-3-26(4-2)18-16-14-12-10-8-6-5-7-9-11-13-15-17-22(28)25-20(23(29)30)19-21(24)27;/h20H,3-19H2,1-2H3,(H2,24,27)(H,25,28)(H,29,30);/q;+1/p-1. The van der Waals surface area contributed by atoms with Gasteiger partial charge < -0.3 is 25.9 Å². The van der Waals surface area contributed by atoms with E-state index in [1.54, 1.807) is 0 Å². The molecule has 0 bridgehead atoms. The van der Waals surface area contributed by atoms with E-state index in [1.165, 1.54) is 64.3 Å². The molecule has 0 rings (SSSR count). The van der Waals surface area contributed by atoms with E-state index in [2.05, 4.69) is 24.1 Å². The second-order valence-corrected chi connectivity index (χ2v) is 8.13. The number of primary amides is 1. The molecule has 3 N–H and O–H groups in total. The average Bonchev–Trinajstić information content (AvgIpc) is 2.70. The van der Waals surface area contributed by atoms with Crippen molar-refractivity contribution in [2.75, 3.05) is 19.6 Å². The molecule has 0 spiro atoms. The number of nitrogens with two attached hydrogens (primary N) is 1. The second-order valence-electron chi connectivity index (χ2n) is 8.13. The molecule has 2 amide bonds. The SMILES string of the molecule is CCN(CC)CCCCCCCCCCCCCCC(=O)NC(CC(N)=O)C(=O)[O-].[Na+]. The molecule has 7 nitrogen and oxygen atoms in total. The van der Waals surface area contributed by atoms with Gasteiger partial charge in [-0.2, -0.15) is 0 Å². The summed E-state index contributed by atoms with van der Waals surface area (Å²) in [6, 6.07) is -1.34. The van der Waals surface area contributed by atoms with E-state index in [-0.39, 0.29) is 41.9 Å². The van der Waals surface area contributed by atoms with Crippen molar-refractivity contribution in [1.29, 1.82) is 0 Å². The number of hydrogen-bond acceptors (Lipinski definition) is 5. The fourth-order valence-corrected chi connectivity index (χ4v) is 3.59. The minimum absolute atomic E-state index is 0. The molecule has 1 unspecified atom stereocenters. The Balaban J connectivity index is 0. The first-order chi connectivity index (χ1) is 14.4. The van der Waals surface area contributed by atoms with Crippen LogP contribution in [0, 0.1) is 0 Å². The minimum Gasteiger partial charge on any atom is -0.548 e. The molecule has 0 aromatic heterocycles. The summed E-state index contributed by atoms with van der Waals surface area (Å²) in [7, 11) is 0. The van der Waals surface area contributed by atoms with Crippen LogP contribution in [-0.4, -0.2) is 48.4 Å². The van der Waals surface area contributed by atoms with Crippen LogP contribution in [0.5, 0.6) is 0 Å². The van der Waals surface area contributed by atoms with Gasteiger partial charge in [0.25, 0.3) is 0 Å². The molecule has 31 heavy (non-hydrogen) atoms. The van der Waals surface area contributed by atoms with Gasteiger partial charge in [0.1, 0.15) is 0 Å². The fourth-order valence-electron chi connectivity index (χ4n) is 3.59. The summed E-state index contributed by atoms with van der Waals surface area (Å²) in [5.41, 5.74) is 4.97. The molecule has 8 heteroatoms. The van der Waals surface area contributed by atoms with Crippen LogP contribution in [0.2, 0.25) is 0 Å². The van der Waals surface area contributed by atoms with Crippen molar-refractivity contribution < 1.29 is 49.0 Å². The van der Waals surface area contributed by atoms with Crippen LogP contribution in [0.1, 0.15) is 104 Å². The number of carboxylic acids is 1. The molecule has 1 atom stereocenters. The average molecular weight is 450 g/mol. The Morgan fingerprint density at radius 2 is 1.23 bits per heavy atom. The van der Waals surface area contributed by atoms with Crippen LogP contribution >= 0.6 is 0 Å². The van der Waals surface area contributed by atoms with Gasteiger partial charge in [-0.3, -0.25) is 9.59 Å². The first-order valence-electron chi connectivity index (χ1n) is 11.9. The van der Waals surface area contributed by atoms with E-state index < -0.39 is 24.3 Å². The Morgan fingerprint density at radius 3 is 1.61 bits per heavy atom. The van der Waals surface area contributed by atoms with E-state index in [0.29, 0.717) is 0 Å². The fraction of sp³-hybridized carbons (Fsp3) is 0.870. The van der Waals surface area contributed by atoms with Gasteiger partial charge in [-0.1, -0.05) is 78.1 Å². The van der Waals surface area contributed by atoms with Crippen molar-refractivity contribution in [3.63, 3.8) is 0 Å². The number of amides is 2. The third-order valence-corrected chi connectivity index (χ3v) is 5.55. The molecule has 0 radical (unpaired) electrons. The third-order valence-electron chi connectivity index (χ3n) is 5.55. The molecule has 0 heterocycles. The Labute approximate surface area is 211 Å². The number of carboxylic acid groups (broad SMARTS) is 1. The molecule has 0 aromatic rings. The third kappa shape index (κ3) is 21.0. The molecule has 0 aliphatic carbocycles. The van der Waals surface area contributed by atoms with E-state index in [0.717, 1.165) is 32.4 Å². The van der Waals surface area contributed by atoms with E-state index >= 15 is 0 Å². The number of carbonyl (C=O) groups is 3. The topological polar surface area (TPSA) is 116 Å². The molecule has 0 aliphatic rings. The molecule has 0 aliphatic heterocycles.